The first-order valence-electron chi connectivity index (χ1n) is 3.38. The van der Waals surface area contributed by atoms with Gasteiger partial charge in [0.15, 0.2) is 0 Å². The molecule has 0 fully saturated rings. The van der Waals surface area contributed by atoms with Gasteiger partial charge in [-0.1, -0.05) is 0 Å². The molecule has 0 aromatic heterocycles. The maximum atomic E-state index is 10.3. The fourth-order valence-electron chi connectivity index (χ4n) is 0.748. The second kappa shape index (κ2) is 4.73. The summed E-state index contributed by atoms with van der Waals surface area (Å²) < 4.78 is 8.93. The number of thiocarbonyl (C=S) groups is 1. The van der Waals surface area contributed by atoms with E-state index in [4.69, 9.17) is 16.6 Å². The van der Waals surface area contributed by atoms with Crippen LogP contribution in [-0.4, -0.2) is 10.2 Å². The summed E-state index contributed by atoms with van der Waals surface area (Å²) >= 11 is 9.42. The minimum atomic E-state index is -0.514. The highest BCUT2D eigenvalue weighted by Gasteiger charge is 2.05. The van der Waals surface area contributed by atoms with Crippen molar-refractivity contribution in [2.24, 2.45) is 0 Å². The minimum Gasteiger partial charge on any atom is -0.417 e. The lowest BCUT2D eigenvalue weighted by atomic mass is 10.3. The van der Waals surface area contributed by atoms with Gasteiger partial charge in [-0.2, -0.15) is 0 Å². The number of halogens is 1. The molecule has 0 aliphatic rings. The summed E-state index contributed by atoms with van der Waals surface area (Å²) in [5.41, 5.74) is -0.0324. The molecule has 0 aliphatic carbocycles. The summed E-state index contributed by atoms with van der Waals surface area (Å²) in [4.78, 5) is 9.77. The molecule has 0 atom stereocenters. The predicted molar refractivity (Wildman–Crippen MR) is 53.3 cm³/mol. The Labute approximate surface area is 89.5 Å². The van der Waals surface area contributed by atoms with Crippen LogP contribution in [0.5, 0.6) is 5.75 Å². The van der Waals surface area contributed by atoms with Crippen molar-refractivity contribution in [2.75, 3.05) is 0 Å². The van der Waals surface area contributed by atoms with Crippen LogP contribution in [0.15, 0.2) is 24.3 Å². The van der Waals surface area contributed by atoms with E-state index in [1.807, 2.05) is 0 Å². The zero-order chi connectivity index (χ0) is 10.6. The summed E-state index contributed by atoms with van der Waals surface area (Å²) in [6, 6.07) is 5.35. The Kier molecular flexibility index (Phi) is 3.61. The molecule has 0 unspecified atom stereocenters. The molecule has 14 heavy (non-hydrogen) atoms. The number of benzene rings is 1. The first-order chi connectivity index (χ1) is 6.63. The second-order valence-corrected chi connectivity index (χ2v) is 2.67. The molecule has 1 aromatic carbocycles. The van der Waals surface area contributed by atoms with Gasteiger partial charge in [0.2, 0.25) is 0 Å². The second-order valence-electron chi connectivity index (χ2n) is 2.18. The van der Waals surface area contributed by atoms with E-state index in [0.717, 1.165) is 0 Å². The average molecular weight is 234 g/mol. The maximum absolute atomic E-state index is 10.3. The average Bonchev–Trinajstić information content (AvgIpc) is 2.18. The van der Waals surface area contributed by atoms with Crippen molar-refractivity contribution in [3.8, 4) is 5.75 Å². The third-order valence-electron chi connectivity index (χ3n) is 1.31. The normalized spacial score (nSPS) is 9.21. The molecule has 0 amide bonds. The fraction of sp³-hybridized carbons (Fsp3) is 0. The van der Waals surface area contributed by atoms with E-state index in [9.17, 15) is 10.1 Å². The Morgan fingerprint density at radius 2 is 2.00 bits per heavy atom. The van der Waals surface area contributed by atoms with Gasteiger partial charge in [-0.15, -0.1) is 0 Å². The Balaban J connectivity index is 2.73. The van der Waals surface area contributed by atoms with Gasteiger partial charge in [-0.05, 0) is 12.1 Å². The number of hydrogen-bond acceptors (Lipinski definition) is 5. The van der Waals surface area contributed by atoms with Crippen molar-refractivity contribution >= 4 is 35.0 Å². The van der Waals surface area contributed by atoms with E-state index >= 15 is 0 Å². The highest BCUT2D eigenvalue weighted by Crippen LogP contribution is 2.17. The summed E-state index contributed by atoms with van der Waals surface area (Å²) in [6.07, 6.45) is 0. The van der Waals surface area contributed by atoms with Crippen LogP contribution in [0.2, 0.25) is 0 Å². The highest BCUT2D eigenvalue weighted by atomic mass is 35.5. The summed E-state index contributed by atoms with van der Waals surface area (Å²) in [7, 11) is 0. The van der Waals surface area contributed by atoms with Gasteiger partial charge in [0.05, 0.1) is 4.92 Å². The van der Waals surface area contributed by atoms with Gasteiger partial charge in [0.25, 0.3) is 5.69 Å². The molecule has 1 aromatic rings. The van der Waals surface area contributed by atoms with Gasteiger partial charge in [-0.25, -0.2) is 0 Å². The number of nitro benzene ring substituents is 1. The summed E-state index contributed by atoms with van der Waals surface area (Å²) in [5, 5.41) is 10.0. The first-order valence-corrected chi connectivity index (χ1v) is 4.10. The zero-order valence-electron chi connectivity index (χ0n) is 6.68. The molecule has 0 aliphatic heterocycles. The van der Waals surface area contributed by atoms with E-state index in [2.05, 4.69) is 16.5 Å². The molecule has 0 saturated heterocycles. The SMILES string of the molecule is O=[N+]([O-])c1ccc(OC(=S)OCl)cc1. The van der Waals surface area contributed by atoms with Gasteiger partial charge < -0.3 is 9.03 Å². The van der Waals surface area contributed by atoms with Gasteiger partial charge in [0, 0.05) is 24.4 Å². The van der Waals surface area contributed by atoms with E-state index in [1.54, 1.807) is 0 Å². The lowest BCUT2D eigenvalue weighted by Gasteiger charge is -2.01. The van der Waals surface area contributed by atoms with E-state index in [1.165, 1.54) is 24.3 Å². The third kappa shape index (κ3) is 2.82. The van der Waals surface area contributed by atoms with Crippen molar-refractivity contribution in [3.63, 3.8) is 0 Å². The van der Waals surface area contributed by atoms with Crippen molar-refractivity contribution in [3.05, 3.63) is 34.4 Å². The molecule has 0 heterocycles. The number of hydrogen-bond donors (Lipinski definition) is 0. The molecule has 0 spiro atoms. The minimum absolute atomic E-state index is 0.0324. The predicted octanol–water partition coefficient (Wildman–Crippen LogP) is 2.43. The highest BCUT2D eigenvalue weighted by molar-refractivity contribution is 7.79. The molecule has 0 radical (unpaired) electrons. The van der Waals surface area contributed by atoms with Gasteiger partial charge in [-0.3, -0.25) is 10.1 Å². The van der Waals surface area contributed by atoms with Gasteiger partial charge >= 0.3 is 5.24 Å². The Bertz CT molecular complexity index is 353. The molecule has 74 valence electrons. The standard InChI is InChI=1S/C7H4ClNO4S/c8-13-7(14)12-6-3-1-5(2-4-6)9(10)11/h1-4H. The van der Waals surface area contributed by atoms with E-state index in [0.29, 0.717) is 5.75 Å². The first kappa shape index (κ1) is 10.7. The zero-order valence-corrected chi connectivity index (χ0v) is 8.25. The van der Waals surface area contributed by atoms with Crippen molar-refractivity contribution in [1.29, 1.82) is 0 Å². The Morgan fingerprint density at radius 1 is 1.43 bits per heavy atom. The van der Waals surface area contributed by atoms with Crippen LogP contribution < -0.4 is 4.74 Å². The lowest BCUT2D eigenvalue weighted by Crippen LogP contribution is -2.04. The molecule has 0 N–H and O–H groups in total. The van der Waals surface area contributed by atoms with Crippen LogP contribution in [0.4, 0.5) is 5.69 Å². The van der Waals surface area contributed by atoms with E-state index in [-0.39, 0.29) is 10.9 Å². The lowest BCUT2D eigenvalue weighted by molar-refractivity contribution is -0.384. The topological polar surface area (TPSA) is 61.6 Å². The van der Waals surface area contributed by atoms with Crippen molar-refractivity contribution in [1.82, 2.24) is 0 Å². The third-order valence-corrected chi connectivity index (χ3v) is 1.71. The molecular weight excluding hydrogens is 230 g/mol. The van der Waals surface area contributed by atoms with Crippen LogP contribution >= 0.6 is 24.1 Å². The maximum Gasteiger partial charge on any atom is 0.376 e. The quantitative estimate of drug-likeness (QED) is 0.446. The summed E-state index contributed by atoms with van der Waals surface area (Å²) in [6.45, 7) is 0. The van der Waals surface area contributed by atoms with E-state index < -0.39 is 4.92 Å². The van der Waals surface area contributed by atoms with Crippen LogP contribution in [0.1, 0.15) is 0 Å². The number of non-ortho nitro benzene ring substituents is 1. The largest absolute Gasteiger partial charge is 0.417 e. The number of nitro groups is 1. The number of rotatable bonds is 2. The van der Waals surface area contributed by atoms with Crippen LogP contribution in [-0.2, 0) is 4.29 Å². The number of nitrogens with zero attached hydrogens (tertiary/aromatic N) is 1. The van der Waals surface area contributed by atoms with Crippen LogP contribution in [0.25, 0.3) is 0 Å². The Morgan fingerprint density at radius 3 is 2.43 bits per heavy atom. The smallest absolute Gasteiger partial charge is 0.376 e. The van der Waals surface area contributed by atoms with Crippen molar-refractivity contribution in [2.45, 2.75) is 0 Å². The van der Waals surface area contributed by atoms with Crippen LogP contribution in [0, 0.1) is 10.1 Å². The van der Waals surface area contributed by atoms with Gasteiger partial charge in [0.1, 0.15) is 17.6 Å². The summed E-state index contributed by atoms with van der Waals surface area (Å²) in [5.74, 6) is 0.321. The number of ether oxygens (including phenoxy) is 1. The molecule has 5 nitrogen and oxygen atoms in total. The molecule has 7 heteroatoms. The van der Waals surface area contributed by atoms with Crippen LogP contribution in [0.3, 0.4) is 0 Å². The molecular formula is C7H4ClNO4S. The molecule has 1 rings (SSSR count). The molecule has 0 saturated carbocycles. The monoisotopic (exact) mass is 233 g/mol. The molecule has 0 bridgehead atoms. The van der Waals surface area contributed by atoms with Crippen molar-refractivity contribution < 1.29 is 13.9 Å². The Hall–Kier alpha value is -1.40. The fourth-order valence-corrected chi connectivity index (χ4v) is 0.876.